The molecule has 0 unspecified atom stereocenters. The molecule has 181 valence electrons. The van der Waals surface area contributed by atoms with Gasteiger partial charge in [-0.3, -0.25) is 0 Å². The van der Waals surface area contributed by atoms with Crippen LogP contribution in [0.1, 0.15) is 22.3 Å². The van der Waals surface area contributed by atoms with Crippen molar-refractivity contribution in [3.8, 4) is 0 Å². The Balaban J connectivity index is 0.000000240. The molecular weight excluding hydrogens is 491 g/mol. The van der Waals surface area contributed by atoms with Crippen molar-refractivity contribution in [2.75, 3.05) is 0 Å². The van der Waals surface area contributed by atoms with Gasteiger partial charge in [-0.05, 0) is 22.3 Å². The summed E-state index contributed by atoms with van der Waals surface area (Å²) in [6, 6.07) is 33.5. The fraction of sp³-hybridized carbons (Fsp3) is 0.0714. The quantitative estimate of drug-likeness (QED) is 0.309. The number of carbonyl (C=O) groups is 2. The average molecular weight is 515 g/mol. The minimum Gasteiger partial charge on any atom is -0.479 e. The summed E-state index contributed by atoms with van der Waals surface area (Å²) in [7, 11) is 0. The van der Waals surface area contributed by atoms with Crippen LogP contribution in [0, 0.1) is 0 Å². The van der Waals surface area contributed by atoms with Crippen LogP contribution in [0.15, 0.2) is 121 Å². The molecule has 0 bridgehead atoms. The molecule has 0 aliphatic heterocycles. The number of aliphatic hydroxyl groups is 2. The minimum absolute atomic E-state index is 0. The van der Waals surface area contributed by atoms with Crippen LogP contribution in [0.25, 0.3) is 0 Å². The van der Waals surface area contributed by atoms with Crippen molar-refractivity contribution in [3.05, 3.63) is 144 Å². The maximum Gasteiger partial charge on any atom is 0.345 e. The van der Waals surface area contributed by atoms with E-state index < -0.39 is 23.1 Å². The van der Waals surface area contributed by atoms with Gasteiger partial charge in [0.1, 0.15) is 0 Å². The molecule has 4 aromatic rings. The third-order valence-corrected chi connectivity index (χ3v) is 5.39. The maximum absolute atomic E-state index is 11.4. The summed E-state index contributed by atoms with van der Waals surface area (Å²) in [6.45, 7) is 0. The third-order valence-electron chi connectivity index (χ3n) is 5.39. The van der Waals surface area contributed by atoms with Gasteiger partial charge >= 0.3 is 11.9 Å². The van der Waals surface area contributed by atoms with Crippen LogP contribution in [-0.4, -0.2) is 32.4 Å². The maximum atomic E-state index is 11.4. The third kappa shape index (κ3) is 5.85. The monoisotopic (exact) mass is 515 g/mol. The summed E-state index contributed by atoms with van der Waals surface area (Å²) in [5.41, 5.74) is -2.61. The molecular formula is C28H24CoO6. The molecule has 4 aromatic carbocycles. The number of hydrogen-bond donors (Lipinski definition) is 4. The van der Waals surface area contributed by atoms with Crippen LogP contribution < -0.4 is 0 Å². The number of hydrogen-bond acceptors (Lipinski definition) is 4. The molecule has 0 aliphatic carbocycles. The second-order valence-corrected chi connectivity index (χ2v) is 7.50. The Labute approximate surface area is 213 Å². The topological polar surface area (TPSA) is 115 Å². The van der Waals surface area contributed by atoms with Gasteiger partial charge in [-0.25, -0.2) is 9.59 Å². The van der Waals surface area contributed by atoms with Gasteiger partial charge in [0.05, 0.1) is 0 Å². The zero-order valence-electron chi connectivity index (χ0n) is 18.5. The van der Waals surface area contributed by atoms with Crippen molar-refractivity contribution in [1.82, 2.24) is 0 Å². The van der Waals surface area contributed by atoms with Crippen molar-refractivity contribution in [1.29, 1.82) is 0 Å². The molecule has 0 heterocycles. The SMILES string of the molecule is O=C(O)C(O)(c1ccccc1)c1ccccc1.O=C(O)C(O)(c1ccccc1)c1ccccc1.[Co]. The Kier molecular flexibility index (Phi) is 9.50. The van der Waals surface area contributed by atoms with Crippen molar-refractivity contribution < 1.29 is 46.8 Å². The Bertz CT molecular complexity index is 1040. The van der Waals surface area contributed by atoms with Gasteiger partial charge in [0.2, 0.25) is 11.2 Å². The van der Waals surface area contributed by atoms with Crippen LogP contribution in [-0.2, 0) is 37.6 Å². The molecule has 4 N–H and O–H groups in total. The van der Waals surface area contributed by atoms with E-state index in [1.807, 2.05) is 0 Å². The summed E-state index contributed by atoms with van der Waals surface area (Å²) < 4.78 is 0. The Morgan fingerprint density at radius 2 is 0.600 bits per heavy atom. The normalized spacial score (nSPS) is 10.8. The number of aliphatic carboxylic acids is 2. The van der Waals surface area contributed by atoms with Crippen LogP contribution in [0.4, 0.5) is 0 Å². The van der Waals surface area contributed by atoms with Crippen molar-refractivity contribution >= 4 is 11.9 Å². The van der Waals surface area contributed by atoms with E-state index >= 15 is 0 Å². The predicted octanol–water partition coefficient (Wildman–Crippen LogP) is 4.01. The van der Waals surface area contributed by atoms with E-state index in [-0.39, 0.29) is 16.8 Å². The fourth-order valence-corrected chi connectivity index (χ4v) is 3.54. The standard InChI is InChI=1S/2C14H12O3.Co/c2*15-13(16)14(17,11-7-3-1-4-8-11)12-9-5-2-6-10-12;/h2*1-10,17H,(H,15,16);. The molecule has 0 saturated heterocycles. The number of carboxylic acid groups (broad SMARTS) is 2. The van der Waals surface area contributed by atoms with Gasteiger partial charge in [-0.1, -0.05) is 121 Å². The Morgan fingerprint density at radius 3 is 0.743 bits per heavy atom. The zero-order chi connectivity index (χ0) is 24.6. The second kappa shape index (κ2) is 12.1. The first-order chi connectivity index (χ1) is 16.3. The summed E-state index contributed by atoms with van der Waals surface area (Å²) in [4.78, 5) is 22.7. The molecule has 0 atom stereocenters. The molecule has 6 nitrogen and oxygen atoms in total. The van der Waals surface area contributed by atoms with Gasteiger partial charge < -0.3 is 20.4 Å². The van der Waals surface area contributed by atoms with Gasteiger partial charge in [0.15, 0.2) is 0 Å². The van der Waals surface area contributed by atoms with Crippen LogP contribution in [0.3, 0.4) is 0 Å². The Morgan fingerprint density at radius 1 is 0.429 bits per heavy atom. The van der Waals surface area contributed by atoms with E-state index in [0.29, 0.717) is 22.3 Å². The summed E-state index contributed by atoms with van der Waals surface area (Å²) in [5.74, 6) is -2.56. The van der Waals surface area contributed by atoms with Gasteiger partial charge in [0, 0.05) is 16.8 Å². The van der Waals surface area contributed by atoms with E-state index in [0.717, 1.165) is 0 Å². The molecule has 0 aliphatic rings. The fourth-order valence-electron chi connectivity index (χ4n) is 3.54. The molecule has 0 amide bonds. The summed E-state index contributed by atoms with van der Waals surface area (Å²) in [5, 5.41) is 39.4. The smallest absolute Gasteiger partial charge is 0.345 e. The number of carboxylic acids is 2. The molecule has 0 spiro atoms. The number of rotatable bonds is 6. The molecule has 0 fully saturated rings. The van der Waals surface area contributed by atoms with Gasteiger partial charge in [-0.15, -0.1) is 0 Å². The number of benzene rings is 4. The van der Waals surface area contributed by atoms with E-state index in [1.165, 1.54) is 0 Å². The second-order valence-electron chi connectivity index (χ2n) is 7.50. The zero-order valence-corrected chi connectivity index (χ0v) is 19.5. The van der Waals surface area contributed by atoms with Crippen molar-refractivity contribution in [2.24, 2.45) is 0 Å². The Hall–Kier alpha value is -3.75. The van der Waals surface area contributed by atoms with Gasteiger partial charge in [0.25, 0.3) is 0 Å². The molecule has 1 radical (unpaired) electrons. The van der Waals surface area contributed by atoms with Crippen LogP contribution >= 0.6 is 0 Å². The first kappa shape index (κ1) is 27.5. The minimum atomic E-state index is -2.00. The molecule has 0 aromatic heterocycles. The van der Waals surface area contributed by atoms with E-state index in [1.54, 1.807) is 121 Å². The molecule has 7 heteroatoms. The van der Waals surface area contributed by atoms with Gasteiger partial charge in [-0.2, -0.15) is 0 Å². The first-order valence-corrected chi connectivity index (χ1v) is 10.4. The molecule has 35 heavy (non-hydrogen) atoms. The average Bonchev–Trinajstić information content (AvgIpc) is 2.90. The predicted molar refractivity (Wildman–Crippen MR) is 127 cm³/mol. The van der Waals surface area contributed by atoms with Crippen LogP contribution in [0.2, 0.25) is 0 Å². The van der Waals surface area contributed by atoms with Crippen molar-refractivity contribution in [2.45, 2.75) is 11.2 Å². The van der Waals surface area contributed by atoms with E-state index in [2.05, 4.69) is 0 Å². The van der Waals surface area contributed by atoms with Crippen LogP contribution in [0.5, 0.6) is 0 Å². The van der Waals surface area contributed by atoms with E-state index in [4.69, 9.17) is 0 Å². The first-order valence-electron chi connectivity index (χ1n) is 10.4. The molecule has 4 rings (SSSR count). The largest absolute Gasteiger partial charge is 0.479 e. The summed E-state index contributed by atoms with van der Waals surface area (Å²) >= 11 is 0. The van der Waals surface area contributed by atoms with E-state index in [9.17, 15) is 30.0 Å². The molecule has 0 saturated carbocycles. The van der Waals surface area contributed by atoms with Crippen molar-refractivity contribution in [3.63, 3.8) is 0 Å². The summed E-state index contributed by atoms with van der Waals surface area (Å²) in [6.07, 6.45) is 0.